The highest BCUT2D eigenvalue weighted by Gasteiger charge is 2.12. The van der Waals surface area contributed by atoms with Gasteiger partial charge in [0.15, 0.2) is 6.61 Å². The van der Waals surface area contributed by atoms with Crippen molar-refractivity contribution in [3.8, 4) is 17.2 Å². The normalized spacial score (nSPS) is 10.2. The van der Waals surface area contributed by atoms with E-state index in [2.05, 4.69) is 21.2 Å². The molecule has 0 radical (unpaired) electrons. The lowest BCUT2D eigenvalue weighted by molar-refractivity contribution is -0.118. The van der Waals surface area contributed by atoms with Gasteiger partial charge in [0, 0.05) is 10.5 Å². The predicted molar refractivity (Wildman–Crippen MR) is 97.3 cm³/mol. The Bertz CT molecular complexity index is 723. The summed E-state index contributed by atoms with van der Waals surface area (Å²) in [5.74, 6) is 1.63. The minimum absolute atomic E-state index is 0.0936. The van der Waals surface area contributed by atoms with Gasteiger partial charge in [-0.15, -0.1) is 0 Å². The van der Waals surface area contributed by atoms with E-state index in [1.807, 2.05) is 26.0 Å². The first-order valence-corrected chi connectivity index (χ1v) is 8.15. The first kappa shape index (κ1) is 18.1. The molecule has 0 saturated heterocycles. The number of benzene rings is 2. The van der Waals surface area contributed by atoms with Gasteiger partial charge in [-0.25, -0.2) is 0 Å². The molecule has 0 heterocycles. The molecule has 0 spiro atoms. The number of nitrogens with one attached hydrogen (secondary N) is 1. The van der Waals surface area contributed by atoms with Crippen molar-refractivity contribution in [2.45, 2.75) is 13.8 Å². The predicted octanol–water partition coefficient (Wildman–Crippen LogP) is 4.10. The highest BCUT2D eigenvalue weighted by Crippen LogP contribution is 2.29. The van der Waals surface area contributed by atoms with E-state index in [1.165, 1.54) is 0 Å². The van der Waals surface area contributed by atoms with Crippen LogP contribution < -0.4 is 19.5 Å². The lowest BCUT2D eigenvalue weighted by atomic mass is 10.1. The van der Waals surface area contributed by atoms with Crippen molar-refractivity contribution in [3.05, 3.63) is 45.9 Å². The molecule has 0 aromatic heterocycles. The Balaban J connectivity index is 2.07. The Kier molecular flexibility index (Phi) is 6.09. The van der Waals surface area contributed by atoms with Gasteiger partial charge in [-0.2, -0.15) is 0 Å². The minimum Gasteiger partial charge on any atom is -0.497 e. The zero-order valence-corrected chi connectivity index (χ0v) is 15.7. The molecule has 2 rings (SSSR count). The number of hydrogen-bond acceptors (Lipinski definition) is 4. The van der Waals surface area contributed by atoms with Gasteiger partial charge in [0.25, 0.3) is 5.91 Å². The zero-order valence-electron chi connectivity index (χ0n) is 14.1. The second-order valence-electron chi connectivity index (χ2n) is 5.27. The van der Waals surface area contributed by atoms with Crippen LogP contribution in [0, 0.1) is 13.8 Å². The molecule has 1 N–H and O–H groups in total. The van der Waals surface area contributed by atoms with Crippen LogP contribution in [0.25, 0.3) is 0 Å². The summed E-state index contributed by atoms with van der Waals surface area (Å²) in [6.07, 6.45) is 0. The third-order valence-corrected chi connectivity index (χ3v) is 3.91. The molecule has 0 fully saturated rings. The number of hydrogen-bond donors (Lipinski definition) is 1. The summed E-state index contributed by atoms with van der Waals surface area (Å²) < 4.78 is 17.1. The number of amides is 1. The maximum absolute atomic E-state index is 12.2. The Morgan fingerprint density at radius 2 is 1.75 bits per heavy atom. The van der Waals surface area contributed by atoms with Crippen LogP contribution in [0.2, 0.25) is 0 Å². The second kappa shape index (κ2) is 8.06. The number of ether oxygens (including phenoxy) is 3. The maximum atomic E-state index is 12.2. The molecule has 2 aromatic carbocycles. The van der Waals surface area contributed by atoms with Crippen molar-refractivity contribution in [3.63, 3.8) is 0 Å². The van der Waals surface area contributed by atoms with Crippen molar-refractivity contribution in [1.29, 1.82) is 0 Å². The van der Waals surface area contributed by atoms with Crippen LogP contribution in [0.3, 0.4) is 0 Å². The summed E-state index contributed by atoms with van der Waals surface area (Å²) in [5, 5.41) is 2.78. The highest BCUT2D eigenvalue weighted by molar-refractivity contribution is 9.10. The van der Waals surface area contributed by atoms with Gasteiger partial charge in [-0.1, -0.05) is 15.9 Å². The molecule has 24 heavy (non-hydrogen) atoms. The molecule has 6 heteroatoms. The molecule has 0 saturated carbocycles. The maximum Gasteiger partial charge on any atom is 0.262 e. The minimum atomic E-state index is -0.275. The summed E-state index contributed by atoms with van der Waals surface area (Å²) in [4.78, 5) is 12.2. The van der Waals surface area contributed by atoms with Crippen LogP contribution in [0.15, 0.2) is 34.8 Å². The molecule has 0 aliphatic carbocycles. The summed E-state index contributed by atoms with van der Waals surface area (Å²) in [5.41, 5.74) is 2.47. The highest BCUT2D eigenvalue weighted by atomic mass is 79.9. The number of carbonyl (C=O) groups excluding carboxylic acids is 1. The average Bonchev–Trinajstić information content (AvgIpc) is 2.53. The fraction of sp³-hybridized carbons (Fsp3) is 0.278. The van der Waals surface area contributed by atoms with Crippen molar-refractivity contribution in [2.24, 2.45) is 0 Å². The monoisotopic (exact) mass is 393 g/mol. The fourth-order valence-corrected chi connectivity index (χ4v) is 3.05. The van der Waals surface area contributed by atoms with E-state index in [1.54, 1.807) is 32.4 Å². The molecular formula is C18H20BrNO4. The van der Waals surface area contributed by atoms with Gasteiger partial charge >= 0.3 is 0 Å². The van der Waals surface area contributed by atoms with E-state index < -0.39 is 0 Å². The summed E-state index contributed by atoms with van der Waals surface area (Å²) in [6.45, 7) is 3.79. The summed E-state index contributed by atoms with van der Waals surface area (Å²) in [7, 11) is 3.11. The average molecular weight is 394 g/mol. The molecule has 1 amide bonds. The quantitative estimate of drug-likeness (QED) is 0.802. The van der Waals surface area contributed by atoms with Crippen molar-refractivity contribution < 1.29 is 19.0 Å². The van der Waals surface area contributed by atoms with Crippen molar-refractivity contribution in [2.75, 3.05) is 26.1 Å². The van der Waals surface area contributed by atoms with Gasteiger partial charge in [0.1, 0.15) is 17.2 Å². The number of aryl methyl sites for hydroxylation is 2. The van der Waals surface area contributed by atoms with Crippen LogP contribution in [-0.2, 0) is 4.79 Å². The second-order valence-corrected chi connectivity index (χ2v) is 6.19. The summed E-state index contributed by atoms with van der Waals surface area (Å²) in [6, 6.07) is 9.10. The van der Waals surface area contributed by atoms with E-state index >= 15 is 0 Å². The van der Waals surface area contributed by atoms with Crippen LogP contribution in [0.5, 0.6) is 17.2 Å². The van der Waals surface area contributed by atoms with Gasteiger partial charge in [-0.3, -0.25) is 4.79 Å². The molecule has 0 aliphatic rings. The first-order chi connectivity index (χ1) is 11.4. The largest absolute Gasteiger partial charge is 0.497 e. The van der Waals surface area contributed by atoms with E-state index in [-0.39, 0.29) is 12.5 Å². The van der Waals surface area contributed by atoms with Gasteiger partial charge in [-0.05, 0) is 49.2 Å². The molecule has 0 bridgehead atoms. The van der Waals surface area contributed by atoms with E-state index in [9.17, 15) is 4.79 Å². The van der Waals surface area contributed by atoms with Gasteiger partial charge in [0.05, 0.1) is 19.9 Å². The lowest BCUT2D eigenvalue weighted by Crippen LogP contribution is -2.21. The summed E-state index contributed by atoms with van der Waals surface area (Å²) >= 11 is 3.44. The van der Waals surface area contributed by atoms with Crippen molar-refractivity contribution >= 4 is 27.5 Å². The number of methoxy groups -OCH3 is 2. The molecular weight excluding hydrogens is 374 g/mol. The van der Waals surface area contributed by atoms with Crippen LogP contribution in [-0.4, -0.2) is 26.7 Å². The third-order valence-electron chi connectivity index (χ3n) is 3.45. The smallest absolute Gasteiger partial charge is 0.262 e. The molecule has 2 aromatic rings. The first-order valence-electron chi connectivity index (χ1n) is 7.36. The van der Waals surface area contributed by atoms with Crippen LogP contribution in [0.4, 0.5) is 5.69 Å². The van der Waals surface area contributed by atoms with E-state index in [0.717, 1.165) is 15.6 Å². The van der Waals surface area contributed by atoms with E-state index in [0.29, 0.717) is 22.9 Å². The Morgan fingerprint density at radius 1 is 1.08 bits per heavy atom. The van der Waals surface area contributed by atoms with Gasteiger partial charge < -0.3 is 19.5 Å². The van der Waals surface area contributed by atoms with Crippen LogP contribution >= 0.6 is 15.9 Å². The fourth-order valence-electron chi connectivity index (χ4n) is 2.36. The number of rotatable bonds is 6. The standard InChI is InChI=1S/C18H20BrNO4/c1-11-7-13(19)8-12(2)18(11)24-10-17(21)20-15-9-14(22-3)5-6-16(15)23-4/h5-9H,10H2,1-4H3,(H,20,21). The molecule has 128 valence electrons. The SMILES string of the molecule is COc1ccc(OC)c(NC(=O)COc2c(C)cc(Br)cc2C)c1. The molecule has 0 unspecified atom stereocenters. The molecule has 0 aliphatic heterocycles. The Morgan fingerprint density at radius 3 is 2.33 bits per heavy atom. The topological polar surface area (TPSA) is 56.8 Å². The number of anilines is 1. The Hall–Kier alpha value is -2.21. The Labute approximate surface area is 150 Å². The van der Waals surface area contributed by atoms with Crippen LogP contribution in [0.1, 0.15) is 11.1 Å². The zero-order chi connectivity index (χ0) is 17.7. The van der Waals surface area contributed by atoms with Crippen molar-refractivity contribution in [1.82, 2.24) is 0 Å². The number of halogens is 1. The lowest BCUT2D eigenvalue weighted by Gasteiger charge is -2.14. The number of carbonyl (C=O) groups is 1. The van der Waals surface area contributed by atoms with Gasteiger partial charge in [0.2, 0.25) is 0 Å². The van der Waals surface area contributed by atoms with E-state index in [4.69, 9.17) is 14.2 Å². The molecule has 5 nitrogen and oxygen atoms in total. The molecule has 0 atom stereocenters. The third kappa shape index (κ3) is 4.41.